The molecule has 24 heavy (non-hydrogen) atoms. The molecule has 0 radical (unpaired) electrons. The van der Waals surface area contributed by atoms with Crippen molar-refractivity contribution in [3.8, 4) is 0 Å². The van der Waals surface area contributed by atoms with E-state index in [4.69, 9.17) is 0 Å². The molecule has 2 N–H and O–H groups in total. The molecular weight excluding hydrogens is 298 g/mol. The molecule has 4 rings (SSSR count). The number of aliphatic hydroxyl groups is 1. The van der Waals surface area contributed by atoms with E-state index in [0.717, 1.165) is 42.2 Å². The van der Waals surface area contributed by atoms with Gasteiger partial charge in [-0.1, -0.05) is 19.0 Å². The fourth-order valence-electron chi connectivity index (χ4n) is 7.99. The quantitative estimate of drug-likeness (QED) is 0.409. The third kappa shape index (κ3) is 2.22. The lowest BCUT2D eigenvalue weighted by atomic mass is 9.44. The van der Waals surface area contributed by atoms with Gasteiger partial charge in [0.25, 0.3) is 0 Å². The van der Waals surface area contributed by atoms with Gasteiger partial charge in [-0.3, -0.25) is 0 Å². The second-order valence-corrected chi connectivity index (χ2v) is 10.0. The molecule has 3 heteroatoms. The van der Waals surface area contributed by atoms with Crippen LogP contribution < -0.4 is 0 Å². The van der Waals surface area contributed by atoms with Gasteiger partial charge in [0.05, 0.1) is 11.8 Å². The van der Waals surface area contributed by atoms with Gasteiger partial charge in [-0.15, -0.1) is 0 Å². The van der Waals surface area contributed by atoms with Crippen LogP contribution in [0.3, 0.4) is 0 Å². The number of nitrogens with zero attached hydrogens (tertiary/aromatic N) is 1. The summed E-state index contributed by atoms with van der Waals surface area (Å²) < 4.78 is 0. The maximum atomic E-state index is 10.1. The highest BCUT2D eigenvalue weighted by atomic mass is 16.4. The van der Waals surface area contributed by atoms with Gasteiger partial charge >= 0.3 is 0 Å². The van der Waals surface area contributed by atoms with Crippen LogP contribution in [0.25, 0.3) is 0 Å². The van der Waals surface area contributed by atoms with Crippen molar-refractivity contribution in [1.82, 2.24) is 0 Å². The largest absolute Gasteiger partial charge is 0.411 e. The van der Waals surface area contributed by atoms with Gasteiger partial charge in [-0.25, -0.2) is 0 Å². The average Bonchev–Trinajstić information content (AvgIpc) is 2.92. The lowest BCUT2D eigenvalue weighted by Crippen LogP contribution is -2.54. The van der Waals surface area contributed by atoms with Crippen LogP contribution in [0.4, 0.5) is 0 Å². The first-order valence-corrected chi connectivity index (χ1v) is 10.3. The Morgan fingerprint density at radius 1 is 0.917 bits per heavy atom. The second kappa shape index (κ2) is 5.72. The molecule has 0 aliphatic heterocycles. The zero-order chi connectivity index (χ0) is 17.1. The van der Waals surface area contributed by atoms with Gasteiger partial charge in [-0.05, 0) is 99.2 Å². The number of aliphatic hydroxyl groups excluding tert-OH is 1. The summed E-state index contributed by atoms with van der Waals surface area (Å²) in [5, 5.41) is 23.0. The first-order chi connectivity index (χ1) is 11.4. The Hall–Kier alpha value is -0.570. The Morgan fingerprint density at radius 2 is 1.62 bits per heavy atom. The third-order valence-electron chi connectivity index (χ3n) is 9.30. The molecule has 4 saturated carbocycles. The van der Waals surface area contributed by atoms with Crippen molar-refractivity contribution in [2.75, 3.05) is 0 Å². The Labute approximate surface area is 146 Å². The van der Waals surface area contributed by atoms with Gasteiger partial charge in [-0.2, -0.15) is 0 Å². The SMILES string of the molecule is CC(=NO)[C@@H]1CC[C@@H]2[C@@H]3CC[C@H]4C[C@H](O)CC[C@]4(C)[C@H]3CC[C@]21C. The van der Waals surface area contributed by atoms with Gasteiger partial charge in [0, 0.05) is 5.92 Å². The summed E-state index contributed by atoms with van der Waals surface area (Å²) in [6.45, 7) is 7.06. The normalized spacial score (nSPS) is 54.8. The maximum absolute atomic E-state index is 10.1. The Balaban J connectivity index is 1.61. The number of hydrogen-bond donors (Lipinski definition) is 2. The molecular formula is C21H35NO2. The van der Waals surface area contributed by atoms with E-state index in [1.54, 1.807) is 0 Å². The van der Waals surface area contributed by atoms with Crippen LogP contribution in [-0.2, 0) is 0 Å². The molecule has 136 valence electrons. The summed E-state index contributed by atoms with van der Waals surface area (Å²) >= 11 is 0. The van der Waals surface area contributed by atoms with Crippen LogP contribution in [0.1, 0.15) is 78.6 Å². The highest BCUT2D eigenvalue weighted by Gasteiger charge is 2.60. The summed E-state index contributed by atoms with van der Waals surface area (Å²) in [5.41, 5.74) is 1.76. The lowest BCUT2D eigenvalue weighted by molar-refractivity contribution is -0.123. The van der Waals surface area contributed by atoms with Gasteiger partial charge in [0.1, 0.15) is 0 Å². The molecule has 0 amide bonds. The highest BCUT2D eigenvalue weighted by Crippen LogP contribution is 2.67. The van der Waals surface area contributed by atoms with E-state index in [0.29, 0.717) is 16.7 Å². The van der Waals surface area contributed by atoms with Crippen molar-refractivity contribution in [1.29, 1.82) is 0 Å². The number of fused-ring (bicyclic) bond motifs is 5. The molecule has 0 heterocycles. The fourth-order valence-corrected chi connectivity index (χ4v) is 7.99. The molecule has 0 aromatic carbocycles. The topological polar surface area (TPSA) is 52.8 Å². The standard InChI is InChI=1S/C21H35NO2/c1-13(22-24)17-6-7-18-16-5-4-14-12-15(23)8-10-20(14,2)19(16)9-11-21(17,18)3/h14-19,23-24H,4-12H2,1-3H3/t14-,15+,16-,17-,18+,19-,20-,21-/m0/s1. The third-order valence-corrected chi connectivity index (χ3v) is 9.30. The number of oxime groups is 1. The van der Waals surface area contributed by atoms with E-state index in [-0.39, 0.29) is 6.10 Å². The molecule has 0 saturated heterocycles. The van der Waals surface area contributed by atoms with Crippen LogP contribution in [0, 0.1) is 40.4 Å². The van der Waals surface area contributed by atoms with Crippen LogP contribution in [-0.4, -0.2) is 22.1 Å². The lowest BCUT2D eigenvalue weighted by Gasteiger charge is -2.61. The first kappa shape index (κ1) is 16.9. The summed E-state index contributed by atoms with van der Waals surface area (Å²) in [5.74, 6) is 3.74. The van der Waals surface area contributed by atoms with Gasteiger partial charge in [0.2, 0.25) is 0 Å². The zero-order valence-corrected chi connectivity index (χ0v) is 15.7. The van der Waals surface area contributed by atoms with Crippen molar-refractivity contribution in [2.45, 2.75) is 84.7 Å². The average molecular weight is 334 g/mol. The summed E-state index contributed by atoms with van der Waals surface area (Å²) in [6, 6.07) is 0. The molecule has 0 unspecified atom stereocenters. The molecule has 0 spiro atoms. The van der Waals surface area contributed by atoms with Crippen molar-refractivity contribution in [2.24, 2.45) is 45.6 Å². The van der Waals surface area contributed by atoms with Gasteiger partial charge in [0.15, 0.2) is 0 Å². The Bertz CT molecular complexity index is 532. The Morgan fingerprint density at radius 3 is 2.38 bits per heavy atom. The summed E-state index contributed by atoms with van der Waals surface area (Å²) in [4.78, 5) is 0. The highest BCUT2D eigenvalue weighted by molar-refractivity contribution is 5.84. The van der Waals surface area contributed by atoms with E-state index in [1.807, 2.05) is 6.92 Å². The van der Waals surface area contributed by atoms with Crippen molar-refractivity contribution in [3.05, 3.63) is 0 Å². The molecule has 4 fully saturated rings. The molecule has 0 aromatic heterocycles. The minimum Gasteiger partial charge on any atom is -0.411 e. The molecule has 0 bridgehead atoms. The van der Waals surface area contributed by atoms with E-state index >= 15 is 0 Å². The maximum Gasteiger partial charge on any atom is 0.0576 e. The molecule has 3 nitrogen and oxygen atoms in total. The Kier molecular flexibility index (Phi) is 4.02. The first-order valence-electron chi connectivity index (χ1n) is 10.3. The van der Waals surface area contributed by atoms with Crippen molar-refractivity contribution < 1.29 is 10.3 Å². The number of rotatable bonds is 1. The van der Waals surface area contributed by atoms with Crippen LogP contribution in [0.5, 0.6) is 0 Å². The molecule has 4 aliphatic carbocycles. The van der Waals surface area contributed by atoms with E-state index < -0.39 is 0 Å². The van der Waals surface area contributed by atoms with Gasteiger partial charge < -0.3 is 10.3 Å². The van der Waals surface area contributed by atoms with Crippen molar-refractivity contribution >= 4 is 5.71 Å². The number of hydrogen-bond acceptors (Lipinski definition) is 3. The smallest absolute Gasteiger partial charge is 0.0576 e. The summed E-state index contributed by atoms with van der Waals surface area (Å²) in [7, 11) is 0. The van der Waals surface area contributed by atoms with E-state index in [1.165, 1.54) is 44.9 Å². The predicted octanol–water partition coefficient (Wildman–Crippen LogP) is 4.86. The van der Waals surface area contributed by atoms with Crippen molar-refractivity contribution in [3.63, 3.8) is 0 Å². The summed E-state index contributed by atoms with van der Waals surface area (Å²) in [6.07, 6.45) is 11.1. The fraction of sp³-hybridized carbons (Fsp3) is 0.952. The second-order valence-electron chi connectivity index (χ2n) is 10.0. The van der Waals surface area contributed by atoms with E-state index in [9.17, 15) is 10.3 Å². The molecule has 0 aromatic rings. The monoisotopic (exact) mass is 333 g/mol. The minimum absolute atomic E-state index is 0.0484. The minimum atomic E-state index is -0.0484. The van der Waals surface area contributed by atoms with Crippen LogP contribution >= 0.6 is 0 Å². The zero-order valence-electron chi connectivity index (χ0n) is 15.7. The molecule has 4 aliphatic rings. The van der Waals surface area contributed by atoms with E-state index in [2.05, 4.69) is 19.0 Å². The van der Waals surface area contributed by atoms with Crippen LogP contribution in [0.2, 0.25) is 0 Å². The molecule has 8 atom stereocenters. The predicted molar refractivity (Wildman–Crippen MR) is 96.1 cm³/mol. The van der Waals surface area contributed by atoms with Crippen LogP contribution in [0.15, 0.2) is 5.16 Å².